The van der Waals surface area contributed by atoms with Crippen molar-refractivity contribution in [1.82, 2.24) is 14.9 Å². The van der Waals surface area contributed by atoms with E-state index in [-0.39, 0.29) is 5.91 Å². The Kier molecular flexibility index (Phi) is 9.70. The Bertz CT molecular complexity index is 994. The molecular formula is C28H37N3O2. The molecular weight excluding hydrogens is 410 g/mol. The second kappa shape index (κ2) is 12.9. The topological polar surface area (TPSA) is 56.1 Å². The van der Waals surface area contributed by atoms with Crippen LogP contribution in [0.2, 0.25) is 0 Å². The fourth-order valence-electron chi connectivity index (χ4n) is 3.98. The summed E-state index contributed by atoms with van der Waals surface area (Å²) >= 11 is 0. The molecule has 0 spiro atoms. The molecule has 0 aliphatic rings. The van der Waals surface area contributed by atoms with Crippen molar-refractivity contribution in [3.05, 3.63) is 72.3 Å². The Balaban J connectivity index is 1.50. The number of carbonyl (C=O) groups excluding carboxylic acids is 1. The highest BCUT2D eigenvalue weighted by Crippen LogP contribution is 2.24. The molecule has 176 valence electrons. The van der Waals surface area contributed by atoms with Crippen LogP contribution < -0.4 is 5.32 Å². The molecule has 0 aliphatic carbocycles. The van der Waals surface area contributed by atoms with Crippen molar-refractivity contribution >= 4 is 5.91 Å². The van der Waals surface area contributed by atoms with E-state index in [0.717, 1.165) is 30.7 Å². The molecule has 1 heterocycles. The van der Waals surface area contributed by atoms with Crippen molar-refractivity contribution in [1.29, 1.82) is 0 Å². The van der Waals surface area contributed by atoms with E-state index in [0.29, 0.717) is 24.8 Å². The quantitative estimate of drug-likeness (QED) is 0.317. The van der Waals surface area contributed by atoms with Crippen LogP contribution in [-0.2, 0) is 4.74 Å². The van der Waals surface area contributed by atoms with Gasteiger partial charge in [-0.05, 0) is 54.5 Å². The van der Waals surface area contributed by atoms with Crippen molar-refractivity contribution in [2.45, 2.75) is 52.9 Å². The van der Waals surface area contributed by atoms with E-state index in [1.165, 1.54) is 30.4 Å². The van der Waals surface area contributed by atoms with E-state index >= 15 is 0 Å². The Labute approximate surface area is 198 Å². The van der Waals surface area contributed by atoms with Gasteiger partial charge in [-0.2, -0.15) is 0 Å². The molecule has 1 amide bonds. The predicted molar refractivity (Wildman–Crippen MR) is 135 cm³/mol. The average Bonchev–Trinajstić information content (AvgIpc) is 3.33. The van der Waals surface area contributed by atoms with Crippen molar-refractivity contribution in [3.63, 3.8) is 0 Å². The second-order valence-electron chi connectivity index (χ2n) is 8.61. The molecule has 0 saturated heterocycles. The van der Waals surface area contributed by atoms with Crippen LogP contribution in [0.5, 0.6) is 0 Å². The Morgan fingerprint density at radius 2 is 1.88 bits per heavy atom. The van der Waals surface area contributed by atoms with Crippen LogP contribution in [0, 0.1) is 12.8 Å². The molecule has 0 aliphatic heterocycles. The number of imidazole rings is 1. The molecule has 5 heteroatoms. The monoisotopic (exact) mass is 447 g/mol. The molecule has 0 fully saturated rings. The third-order valence-electron chi connectivity index (χ3n) is 6.12. The van der Waals surface area contributed by atoms with Gasteiger partial charge in [-0.25, -0.2) is 4.98 Å². The fraction of sp³-hybridized carbons (Fsp3) is 0.429. The van der Waals surface area contributed by atoms with E-state index < -0.39 is 0 Å². The minimum atomic E-state index is -0.120. The average molecular weight is 448 g/mol. The number of rotatable bonds is 13. The SMILES string of the molecule is CCCC[C@H](CC)COCCCNC(=O)c1cncn1-c1ccc(-c2ccccc2C)cc1. The van der Waals surface area contributed by atoms with Gasteiger partial charge in [0.25, 0.3) is 5.91 Å². The lowest BCUT2D eigenvalue weighted by Gasteiger charge is -2.14. The van der Waals surface area contributed by atoms with Crippen molar-refractivity contribution < 1.29 is 9.53 Å². The lowest BCUT2D eigenvalue weighted by molar-refractivity contribution is 0.0872. The molecule has 33 heavy (non-hydrogen) atoms. The van der Waals surface area contributed by atoms with Gasteiger partial charge in [0.15, 0.2) is 0 Å². The normalized spacial score (nSPS) is 12.0. The van der Waals surface area contributed by atoms with Crippen molar-refractivity contribution in [3.8, 4) is 16.8 Å². The summed E-state index contributed by atoms with van der Waals surface area (Å²) in [7, 11) is 0. The summed E-state index contributed by atoms with van der Waals surface area (Å²) in [4.78, 5) is 16.9. The number of hydrogen-bond acceptors (Lipinski definition) is 3. The van der Waals surface area contributed by atoms with Gasteiger partial charge in [0.2, 0.25) is 0 Å². The van der Waals surface area contributed by atoms with Crippen LogP contribution in [0.1, 0.15) is 62.0 Å². The minimum Gasteiger partial charge on any atom is -0.381 e. The first kappa shape index (κ1) is 24.7. The van der Waals surface area contributed by atoms with Gasteiger partial charge in [0.1, 0.15) is 5.69 Å². The summed E-state index contributed by atoms with van der Waals surface area (Å²) in [6, 6.07) is 16.5. The van der Waals surface area contributed by atoms with Crippen LogP contribution in [0.4, 0.5) is 0 Å². The number of unbranched alkanes of at least 4 members (excludes halogenated alkanes) is 1. The van der Waals surface area contributed by atoms with Crippen molar-refractivity contribution in [2.75, 3.05) is 19.8 Å². The smallest absolute Gasteiger partial charge is 0.269 e. The number of amides is 1. The first-order valence-electron chi connectivity index (χ1n) is 12.2. The summed E-state index contributed by atoms with van der Waals surface area (Å²) in [5.41, 5.74) is 5.05. The largest absolute Gasteiger partial charge is 0.381 e. The Hall–Kier alpha value is -2.92. The van der Waals surface area contributed by atoms with Crippen LogP contribution in [0.3, 0.4) is 0 Å². The number of aryl methyl sites for hydroxylation is 1. The van der Waals surface area contributed by atoms with Crippen molar-refractivity contribution in [2.24, 2.45) is 5.92 Å². The molecule has 1 atom stereocenters. The van der Waals surface area contributed by atoms with Gasteiger partial charge in [-0.15, -0.1) is 0 Å². The Morgan fingerprint density at radius 1 is 1.09 bits per heavy atom. The highest BCUT2D eigenvalue weighted by atomic mass is 16.5. The molecule has 0 bridgehead atoms. The van der Waals surface area contributed by atoms with Gasteiger partial charge >= 0.3 is 0 Å². The molecule has 3 rings (SSSR count). The van der Waals surface area contributed by atoms with E-state index in [4.69, 9.17) is 4.74 Å². The summed E-state index contributed by atoms with van der Waals surface area (Å²) in [6.07, 6.45) is 8.99. The number of nitrogens with one attached hydrogen (secondary N) is 1. The zero-order valence-electron chi connectivity index (χ0n) is 20.2. The number of hydrogen-bond donors (Lipinski definition) is 1. The number of nitrogens with zero attached hydrogens (tertiary/aromatic N) is 2. The highest BCUT2D eigenvalue weighted by Gasteiger charge is 2.13. The maximum absolute atomic E-state index is 12.7. The third-order valence-corrected chi connectivity index (χ3v) is 6.12. The Morgan fingerprint density at radius 3 is 2.61 bits per heavy atom. The molecule has 1 N–H and O–H groups in total. The molecule has 5 nitrogen and oxygen atoms in total. The predicted octanol–water partition coefficient (Wildman–Crippen LogP) is 6.20. The van der Waals surface area contributed by atoms with Gasteiger partial charge < -0.3 is 10.1 Å². The second-order valence-corrected chi connectivity index (χ2v) is 8.61. The maximum Gasteiger partial charge on any atom is 0.269 e. The molecule has 0 saturated carbocycles. The minimum absolute atomic E-state index is 0.120. The lowest BCUT2D eigenvalue weighted by atomic mass is 10.0. The zero-order chi connectivity index (χ0) is 23.5. The summed E-state index contributed by atoms with van der Waals surface area (Å²) in [5.74, 6) is 0.524. The van der Waals surface area contributed by atoms with E-state index in [9.17, 15) is 4.79 Å². The zero-order valence-corrected chi connectivity index (χ0v) is 20.2. The van der Waals surface area contributed by atoms with Gasteiger partial charge in [-0.3, -0.25) is 9.36 Å². The fourth-order valence-corrected chi connectivity index (χ4v) is 3.98. The van der Waals surface area contributed by atoms with Crippen LogP contribution >= 0.6 is 0 Å². The van der Waals surface area contributed by atoms with Crippen LogP contribution in [0.15, 0.2) is 61.1 Å². The number of aromatic nitrogens is 2. The van der Waals surface area contributed by atoms with Gasteiger partial charge in [0.05, 0.1) is 12.5 Å². The lowest BCUT2D eigenvalue weighted by Crippen LogP contribution is -2.27. The standard InChI is InChI=1S/C28H37N3O2/c1-4-6-11-23(5-2)20-33-18-9-17-30-28(32)27-19-29-21-31(27)25-15-13-24(14-16-25)26-12-8-7-10-22(26)3/h7-8,10,12-16,19,21,23H,4-6,9,11,17-18,20H2,1-3H3,(H,30,32)/t23-/m0/s1. The third kappa shape index (κ3) is 7.03. The van der Waals surface area contributed by atoms with E-state index in [2.05, 4.69) is 55.3 Å². The number of carbonyl (C=O) groups is 1. The maximum atomic E-state index is 12.7. The van der Waals surface area contributed by atoms with E-state index in [1.807, 2.05) is 28.8 Å². The molecule has 2 aromatic carbocycles. The summed E-state index contributed by atoms with van der Waals surface area (Å²) in [5, 5.41) is 3.00. The molecule has 0 radical (unpaired) electrons. The first-order valence-corrected chi connectivity index (χ1v) is 12.2. The van der Waals surface area contributed by atoms with Crippen LogP contribution in [0.25, 0.3) is 16.8 Å². The van der Waals surface area contributed by atoms with Crippen LogP contribution in [-0.4, -0.2) is 35.2 Å². The molecule has 3 aromatic rings. The van der Waals surface area contributed by atoms with Gasteiger partial charge in [-0.1, -0.05) is 69.5 Å². The summed E-state index contributed by atoms with van der Waals surface area (Å²) < 4.78 is 7.66. The van der Waals surface area contributed by atoms with E-state index in [1.54, 1.807) is 12.5 Å². The number of benzene rings is 2. The molecule has 0 unspecified atom stereocenters. The first-order chi connectivity index (χ1) is 16.1. The summed E-state index contributed by atoms with van der Waals surface area (Å²) in [6.45, 7) is 8.63. The number of ether oxygens (including phenoxy) is 1. The highest BCUT2D eigenvalue weighted by molar-refractivity contribution is 5.93. The molecule has 1 aromatic heterocycles. The van der Waals surface area contributed by atoms with Gasteiger partial charge in [0, 0.05) is 25.4 Å².